The maximum atomic E-state index is 3.71. The van der Waals surface area contributed by atoms with Crippen molar-refractivity contribution in [2.75, 3.05) is 26.2 Å². The third-order valence-corrected chi connectivity index (χ3v) is 3.58. The van der Waals surface area contributed by atoms with Gasteiger partial charge in [0, 0.05) is 12.6 Å². The highest BCUT2D eigenvalue weighted by molar-refractivity contribution is 4.69. The standard InChI is InChI=1S/C15H34N2/c1-6-10-15(11-7-2)12-16-14(5)13-17(8-3)9-4/h14-16H,6-13H2,1-5H3. The van der Waals surface area contributed by atoms with Crippen LogP contribution in [0, 0.1) is 5.92 Å². The van der Waals surface area contributed by atoms with E-state index in [1.807, 2.05) is 0 Å². The molecule has 104 valence electrons. The Morgan fingerprint density at radius 1 is 0.941 bits per heavy atom. The van der Waals surface area contributed by atoms with Crippen molar-refractivity contribution in [3.63, 3.8) is 0 Å². The van der Waals surface area contributed by atoms with Gasteiger partial charge in [-0.2, -0.15) is 0 Å². The van der Waals surface area contributed by atoms with E-state index in [1.165, 1.54) is 38.8 Å². The third-order valence-electron chi connectivity index (χ3n) is 3.58. The van der Waals surface area contributed by atoms with Gasteiger partial charge in [0.2, 0.25) is 0 Å². The van der Waals surface area contributed by atoms with Gasteiger partial charge < -0.3 is 10.2 Å². The third kappa shape index (κ3) is 8.62. The zero-order chi connectivity index (χ0) is 13.1. The van der Waals surface area contributed by atoms with Crippen molar-refractivity contribution in [3.8, 4) is 0 Å². The first-order chi connectivity index (χ1) is 8.17. The summed E-state index contributed by atoms with van der Waals surface area (Å²) in [4.78, 5) is 2.49. The lowest BCUT2D eigenvalue weighted by Gasteiger charge is -2.25. The molecule has 0 saturated carbocycles. The molecule has 0 amide bonds. The summed E-state index contributed by atoms with van der Waals surface area (Å²) in [5.41, 5.74) is 0. The van der Waals surface area contributed by atoms with Crippen LogP contribution >= 0.6 is 0 Å². The van der Waals surface area contributed by atoms with Crippen LogP contribution in [-0.4, -0.2) is 37.1 Å². The minimum absolute atomic E-state index is 0.617. The first-order valence-electron chi connectivity index (χ1n) is 7.63. The monoisotopic (exact) mass is 242 g/mol. The van der Waals surface area contributed by atoms with Gasteiger partial charge in [-0.05, 0) is 45.3 Å². The van der Waals surface area contributed by atoms with Gasteiger partial charge in [-0.25, -0.2) is 0 Å². The van der Waals surface area contributed by atoms with Crippen molar-refractivity contribution in [1.82, 2.24) is 10.2 Å². The van der Waals surface area contributed by atoms with Crippen LogP contribution < -0.4 is 5.32 Å². The number of nitrogens with zero attached hydrogens (tertiary/aromatic N) is 1. The Bertz CT molecular complexity index is 149. The van der Waals surface area contributed by atoms with Crippen LogP contribution in [0.1, 0.15) is 60.3 Å². The van der Waals surface area contributed by atoms with E-state index in [9.17, 15) is 0 Å². The lowest BCUT2D eigenvalue weighted by atomic mass is 9.98. The van der Waals surface area contributed by atoms with Crippen LogP contribution in [0.5, 0.6) is 0 Å². The zero-order valence-electron chi connectivity index (χ0n) is 12.8. The molecule has 0 aromatic heterocycles. The summed E-state index contributed by atoms with van der Waals surface area (Å²) >= 11 is 0. The van der Waals surface area contributed by atoms with Crippen molar-refractivity contribution in [3.05, 3.63) is 0 Å². The Kier molecular flexibility index (Phi) is 11.0. The molecule has 0 aliphatic rings. The molecule has 0 aliphatic carbocycles. The summed E-state index contributed by atoms with van der Waals surface area (Å²) in [6.07, 6.45) is 5.38. The predicted octanol–water partition coefficient (Wildman–Crippen LogP) is 3.52. The highest BCUT2D eigenvalue weighted by Gasteiger charge is 2.10. The van der Waals surface area contributed by atoms with Crippen molar-refractivity contribution in [2.24, 2.45) is 5.92 Å². The fourth-order valence-corrected chi connectivity index (χ4v) is 2.47. The SMILES string of the molecule is CCCC(CCC)CNC(C)CN(CC)CC. The van der Waals surface area contributed by atoms with Gasteiger partial charge in [0.25, 0.3) is 0 Å². The topological polar surface area (TPSA) is 15.3 Å². The molecule has 0 aromatic rings. The first kappa shape index (κ1) is 16.9. The molecule has 0 rings (SSSR count). The molecule has 0 radical (unpaired) electrons. The average Bonchev–Trinajstić information content (AvgIpc) is 2.33. The van der Waals surface area contributed by atoms with Crippen LogP contribution in [0.15, 0.2) is 0 Å². The van der Waals surface area contributed by atoms with Crippen LogP contribution in [0.25, 0.3) is 0 Å². The molecule has 0 saturated heterocycles. The molecular weight excluding hydrogens is 208 g/mol. The molecule has 2 heteroatoms. The van der Waals surface area contributed by atoms with E-state index in [2.05, 4.69) is 44.8 Å². The van der Waals surface area contributed by atoms with Crippen LogP contribution in [0.2, 0.25) is 0 Å². The maximum Gasteiger partial charge on any atom is 0.0166 e. The molecule has 0 spiro atoms. The van der Waals surface area contributed by atoms with E-state index in [4.69, 9.17) is 0 Å². The second kappa shape index (κ2) is 11.0. The molecule has 0 heterocycles. The number of likely N-dealkylation sites (N-methyl/N-ethyl adjacent to an activating group) is 1. The summed E-state index contributed by atoms with van der Waals surface area (Å²) < 4.78 is 0. The average molecular weight is 242 g/mol. The Labute approximate surface area is 109 Å². The molecule has 1 atom stereocenters. The number of nitrogens with one attached hydrogen (secondary N) is 1. The number of hydrogen-bond acceptors (Lipinski definition) is 2. The smallest absolute Gasteiger partial charge is 0.0166 e. The van der Waals surface area contributed by atoms with E-state index in [-0.39, 0.29) is 0 Å². The van der Waals surface area contributed by atoms with Crippen LogP contribution in [0.3, 0.4) is 0 Å². The van der Waals surface area contributed by atoms with Gasteiger partial charge in [0.15, 0.2) is 0 Å². The summed E-state index contributed by atoms with van der Waals surface area (Å²) in [5, 5.41) is 3.71. The normalized spacial score (nSPS) is 13.6. The van der Waals surface area contributed by atoms with E-state index in [0.29, 0.717) is 6.04 Å². The van der Waals surface area contributed by atoms with Crippen molar-refractivity contribution in [2.45, 2.75) is 66.3 Å². The second-order valence-electron chi connectivity index (χ2n) is 5.24. The lowest BCUT2D eigenvalue weighted by molar-refractivity contribution is 0.262. The predicted molar refractivity (Wildman–Crippen MR) is 78.6 cm³/mol. The van der Waals surface area contributed by atoms with E-state index >= 15 is 0 Å². The van der Waals surface area contributed by atoms with Gasteiger partial charge in [-0.15, -0.1) is 0 Å². The lowest BCUT2D eigenvalue weighted by Crippen LogP contribution is -2.41. The Hall–Kier alpha value is -0.0800. The minimum atomic E-state index is 0.617. The molecule has 0 aliphatic heterocycles. The van der Waals surface area contributed by atoms with Gasteiger partial charge in [0.1, 0.15) is 0 Å². The summed E-state index contributed by atoms with van der Waals surface area (Å²) in [6.45, 7) is 16.1. The summed E-state index contributed by atoms with van der Waals surface area (Å²) in [7, 11) is 0. The Morgan fingerprint density at radius 3 is 1.88 bits per heavy atom. The molecule has 1 N–H and O–H groups in total. The van der Waals surface area contributed by atoms with Crippen molar-refractivity contribution < 1.29 is 0 Å². The summed E-state index contributed by atoms with van der Waals surface area (Å²) in [6, 6.07) is 0.617. The number of rotatable bonds is 11. The maximum absolute atomic E-state index is 3.71. The van der Waals surface area contributed by atoms with Gasteiger partial charge >= 0.3 is 0 Å². The van der Waals surface area contributed by atoms with Crippen molar-refractivity contribution >= 4 is 0 Å². The van der Waals surface area contributed by atoms with Crippen LogP contribution in [-0.2, 0) is 0 Å². The van der Waals surface area contributed by atoms with Crippen LogP contribution in [0.4, 0.5) is 0 Å². The van der Waals surface area contributed by atoms with Gasteiger partial charge in [0.05, 0.1) is 0 Å². The van der Waals surface area contributed by atoms with Crippen molar-refractivity contribution in [1.29, 1.82) is 0 Å². The molecule has 0 fully saturated rings. The highest BCUT2D eigenvalue weighted by atomic mass is 15.1. The van der Waals surface area contributed by atoms with E-state index < -0.39 is 0 Å². The fraction of sp³-hybridized carbons (Fsp3) is 1.00. The Balaban J connectivity index is 3.81. The molecule has 1 unspecified atom stereocenters. The minimum Gasteiger partial charge on any atom is -0.313 e. The molecule has 0 bridgehead atoms. The quantitative estimate of drug-likeness (QED) is 0.596. The largest absolute Gasteiger partial charge is 0.313 e. The van der Waals surface area contributed by atoms with E-state index in [1.54, 1.807) is 0 Å². The number of hydrogen-bond donors (Lipinski definition) is 1. The molecule has 2 nitrogen and oxygen atoms in total. The first-order valence-corrected chi connectivity index (χ1v) is 7.63. The zero-order valence-corrected chi connectivity index (χ0v) is 12.8. The highest BCUT2D eigenvalue weighted by Crippen LogP contribution is 2.12. The molecular formula is C15H34N2. The second-order valence-corrected chi connectivity index (χ2v) is 5.24. The molecule has 0 aromatic carbocycles. The fourth-order valence-electron chi connectivity index (χ4n) is 2.47. The molecule has 17 heavy (non-hydrogen) atoms. The van der Waals surface area contributed by atoms with Gasteiger partial charge in [-0.1, -0.05) is 40.5 Å². The van der Waals surface area contributed by atoms with E-state index in [0.717, 1.165) is 19.0 Å². The summed E-state index contributed by atoms with van der Waals surface area (Å²) in [5.74, 6) is 0.879. The van der Waals surface area contributed by atoms with Gasteiger partial charge in [-0.3, -0.25) is 0 Å². The Morgan fingerprint density at radius 2 is 1.47 bits per heavy atom.